The topological polar surface area (TPSA) is 35.5 Å². The highest BCUT2D eigenvalue weighted by Gasteiger charge is 2.14. The van der Waals surface area contributed by atoms with E-state index < -0.39 is 0 Å². The van der Waals surface area contributed by atoms with E-state index in [1.165, 1.54) is 0 Å². The average Bonchev–Trinajstić information content (AvgIpc) is 2.35. The molecule has 1 aromatic carbocycles. The Hall–Kier alpha value is -1.51. The number of ether oxygens (including phenoxy) is 2. The molecule has 1 aliphatic rings. The van der Waals surface area contributed by atoms with Crippen molar-refractivity contribution in [2.24, 2.45) is 5.92 Å². The Bertz CT molecular complexity index is 410. The Morgan fingerprint density at radius 1 is 1.24 bits per heavy atom. The SMILES string of the molecule is CC(C)CCC(=O)c1ccc2c(c1)OCCO2. The number of hydrogen-bond acceptors (Lipinski definition) is 3. The molecule has 3 nitrogen and oxygen atoms in total. The summed E-state index contributed by atoms with van der Waals surface area (Å²) in [4.78, 5) is 11.9. The van der Waals surface area contributed by atoms with E-state index in [2.05, 4.69) is 13.8 Å². The van der Waals surface area contributed by atoms with Crippen LogP contribution in [0.4, 0.5) is 0 Å². The number of ketones is 1. The second kappa shape index (κ2) is 5.21. The van der Waals surface area contributed by atoms with E-state index in [9.17, 15) is 4.79 Å². The van der Waals surface area contributed by atoms with Crippen molar-refractivity contribution in [3.05, 3.63) is 23.8 Å². The highest BCUT2D eigenvalue weighted by atomic mass is 16.6. The monoisotopic (exact) mass is 234 g/mol. The van der Waals surface area contributed by atoms with Gasteiger partial charge in [-0.1, -0.05) is 13.8 Å². The van der Waals surface area contributed by atoms with Crippen LogP contribution in [-0.2, 0) is 0 Å². The summed E-state index contributed by atoms with van der Waals surface area (Å²) in [5.41, 5.74) is 0.718. The minimum Gasteiger partial charge on any atom is -0.486 e. The molecule has 17 heavy (non-hydrogen) atoms. The van der Waals surface area contributed by atoms with E-state index in [0.717, 1.165) is 17.7 Å². The fourth-order valence-corrected chi connectivity index (χ4v) is 1.78. The molecule has 1 aliphatic heterocycles. The molecule has 0 bridgehead atoms. The Labute approximate surface area is 102 Å². The van der Waals surface area contributed by atoms with Crippen LogP contribution in [-0.4, -0.2) is 19.0 Å². The number of hydrogen-bond donors (Lipinski definition) is 0. The molecule has 0 atom stereocenters. The maximum absolute atomic E-state index is 11.9. The molecule has 2 rings (SSSR count). The molecular formula is C14H18O3. The van der Waals surface area contributed by atoms with Crippen molar-refractivity contribution in [3.8, 4) is 11.5 Å². The summed E-state index contributed by atoms with van der Waals surface area (Å²) in [7, 11) is 0. The first-order valence-corrected chi connectivity index (χ1v) is 6.09. The molecule has 1 heterocycles. The van der Waals surface area contributed by atoms with Gasteiger partial charge in [-0.05, 0) is 30.5 Å². The lowest BCUT2D eigenvalue weighted by atomic mass is 10.0. The van der Waals surface area contributed by atoms with Gasteiger partial charge in [0.15, 0.2) is 17.3 Å². The molecule has 0 aliphatic carbocycles. The van der Waals surface area contributed by atoms with Crippen LogP contribution in [0.15, 0.2) is 18.2 Å². The van der Waals surface area contributed by atoms with Gasteiger partial charge in [-0.2, -0.15) is 0 Å². The summed E-state index contributed by atoms with van der Waals surface area (Å²) in [6.07, 6.45) is 1.52. The molecule has 0 saturated carbocycles. The van der Waals surface area contributed by atoms with Gasteiger partial charge in [0.25, 0.3) is 0 Å². The van der Waals surface area contributed by atoms with Crippen LogP contribution in [0.25, 0.3) is 0 Å². The van der Waals surface area contributed by atoms with Crippen molar-refractivity contribution >= 4 is 5.78 Å². The lowest BCUT2D eigenvalue weighted by molar-refractivity contribution is 0.0974. The van der Waals surface area contributed by atoms with Crippen LogP contribution in [0.5, 0.6) is 11.5 Å². The Balaban J connectivity index is 2.08. The van der Waals surface area contributed by atoms with Crippen molar-refractivity contribution in [2.75, 3.05) is 13.2 Å². The van der Waals surface area contributed by atoms with Crippen molar-refractivity contribution in [1.82, 2.24) is 0 Å². The highest BCUT2D eigenvalue weighted by Crippen LogP contribution is 2.31. The van der Waals surface area contributed by atoms with Gasteiger partial charge in [0, 0.05) is 12.0 Å². The predicted octanol–water partition coefficient (Wildman–Crippen LogP) is 3.08. The minimum atomic E-state index is 0.177. The molecule has 0 saturated heterocycles. The molecule has 0 fully saturated rings. The van der Waals surface area contributed by atoms with Crippen molar-refractivity contribution in [1.29, 1.82) is 0 Å². The van der Waals surface area contributed by atoms with Crippen LogP contribution >= 0.6 is 0 Å². The zero-order chi connectivity index (χ0) is 12.3. The van der Waals surface area contributed by atoms with E-state index in [-0.39, 0.29) is 5.78 Å². The molecule has 0 N–H and O–H groups in total. The van der Waals surface area contributed by atoms with Crippen LogP contribution in [0.2, 0.25) is 0 Å². The molecule has 0 unspecified atom stereocenters. The first kappa shape index (κ1) is 12.0. The van der Waals surface area contributed by atoms with Gasteiger partial charge in [0.05, 0.1) is 0 Å². The highest BCUT2D eigenvalue weighted by molar-refractivity contribution is 5.96. The summed E-state index contributed by atoms with van der Waals surface area (Å²) >= 11 is 0. The van der Waals surface area contributed by atoms with Crippen molar-refractivity contribution in [2.45, 2.75) is 26.7 Å². The summed E-state index contributed by atoms with van der Waals surface area (Å²) in [5, 5.41) is 0. The largest absolute Gasteiger partial charge is 0.486 e. The smallest absolute Gasteiger partial charge is 0.163 e. The van der Waals surface area contributed by atoms with Crippen LogP contribution in [0.3, 0.4) is 0 Å². The van der Waals surface area contributed by atoms with Crippen LogP contribution in [0, 0.1) is 5.92 Å². The quantitative estimate of drug-likeness (QED) is 0.751. The van der Waals surface area contributed by atoms with Gasteiger partial charge < -0.3 is 9.47 Å². The lowest BCUT2D eigenvalue weighted by Gasteiger charge is -2.18. The maximum atomic E-state index is 11.9. The number of carbonyl (C=O) groups is 1. The van der Waals surface area contributed by atoms with E-state index in [1.54, 1.807) is 6.07 Å². The second-order valence-corrected chi connectivity index (χ2v) is 4.71. The van der Waals surface area contributed by atoms with Gasteiger partial charge in [0.1, 0.15) is 13.2 Å². The first-order chi connectivity index (χ1) is 8.16. The zero-order valence-electron chi connectivity index (χ0n) is 10.4. The normalized spacial score (nSPS) is 13.8. The van der Waals surface area contributed by atoms with E-state index in [4.69, 9.17) is 9.47 Å². The number of rotatable bonds is 4. The van der Waals surface area contributed by atoms with Crippen molar-refractivity contribution in [3.63, 3.8) is 0 Å². The third-order valence-electron chi connectivity index (χ3n) is 2.81. The Morgan fingerprint density at radius 3 is 2.65 bits per heavy atom. The first-order valence-electron chi connectivity index (χ1n) is 6.09. The second-order valence-electron chi connectivity index (χ2n) is 4.71. The fraction of sp³-hybridized carbons (Fsp3) is 0.500. The van der Waals surface area contributed by atoms with E-state index in [1.807, 2.05) is 12.1 Å². The summed E-state index contributed by atoms with van der Waals surface area (Å²) < 4.78 is 10.9. The van der Waals surface area contributed by atoms with Gasteiger partial charge in [0.2, 0.25) is 0 Å². The summed E-state index contributed by atoms with van der Waals surface area (Å²) in [6, 6.07) is 5.42. The molecule has 1 aromatic rings. The van der Waals surface area contributed by atoms with Crippen LogP contribution < -0.4 is 9.47 Å². The molecule has 0 amide bonds. The third-order valence-corrected chi connectivity index (χ3v) is 2.81. The standard InChI is InChI=1S/C14H18O3/c1-10(2)3-5-12(15)11-4-6-13-14(9-11)17-8-7-16-13/h4,6,9-10H,3,5,7-8H2,1-2H3. The zero-order valence-corrected chi connectivity index (χ0v) is 10.4. The van der Waals surface area contributed by atoms with Gasteiger partial charge >= 0.3 is 0 Å². The summed E-state index contributed by atoms with van der Waals surface area (Å²) in [5.74, 6) is 2.15. The lowest BCUT2D eigenvalue weighted by Crippen LogP contribution is -2.15. The van der Waals surface area contributed by atoms with Crippen LogP contribution in [0.1, 0.15) is 37.0 Å². The van der Waals surface area contributed by atoms with E-state index >= 15 is 0 Å². The summed E-state index contributed by atoms with van der Waals surface area (Å²) in [6.45, 7) is 5.37. The number of carbonyl (C=O) groups excluding carboxylic acids is 1. The van der Waals surface area contributed by atoms with Crippen molar-refractivity contribution < 1.29 is 14.3 Å². The van der Waals surface area contributed by atoms with E-state index in [0.29, 0.717) is 31.3 Å². The number of fused-ring (bicyclic) bond motifs is 1. The molecule has 0 radical (unpaired) electrons. The fourth-order valence-electron chi connectivity index (χ4n) is 1.78. The minimum absolute atomic E-state index is 0.177. The number of benzene rings is 1. The molecular weight excluding hydrogens is 216 g/mol. The predicted molar refractivity (Wildman–Crippen MR) is 65.8 cm³/mol. The van der Waals surface area contributed by atoms with Gasteiger partial charge in [-0.3, -0.25) is 4.79 Å². The molecule has 92 valence electrons. The third kappa shape index (κ3) is 2.99. The number of Topliss-reactive ketones (excluding diaryl/α,β-unsaturated/α-hetero) is 1. The Kier molecular flexibility index (Phi) is 3.67. The molecule has 0 spiro atoms. The van der Waals surface area contributed by atoms with Gasteiger partial charge in [-0.15, -0.1) is 0 Å². The Morgan fingerprint density at radius 2 is 1.94 bits per heavy atom. The maximum Gasteiger partial charge on any atom is 0.163 e. The molecule has 0 aromatic heterocycles. The average molecular weight is 234 g/mol. The van der Waals surface area contributed by atoms with Gasteiger partial charge in [-0.25, -0.2) is 0 Å². The molecule has 3 heteroatoms.